The quantitative estimate of drug-likeness (QED) is 0.574. The first-order chi connectivity index (χ1) is 6.62. The van der Waals surface area contributed by atoms with E-state index in [1.165, 1.54) is 4.98 Å². The Labute approximate surface area is 79.0 Å². The van der Waals surface area contributed by atoms with Gasteiger partial charge in [-0.25, -0.2) is 0 Å². The Morgan fingerprint density at radius 2 is 1.73 bits per heavy atom. The van der Waals surface area contributed by atoms with Crippen LogP contribution in [0.1, 0.15) is 5.56 Å². The number of H-pyrrole nitrogens is 1. The number of aromatic nitrogens is 1. The van der Waals surface area contributed by atoms with Gasteiger partial charge >= 0.3 is 13.2 Å². The van der Waals surface area contributed by atoms with Crippen LogP contribution in [-0.2, 0) is 6.18 Å². The van der Waals surface area contributed by atoms with Crippen molar-refractivity contribution in [3.05, 3.63) is 28.2 Å². The van der Waals surface area contributed by atoms with E-state index in [0.29, 0.717) is 0 Å². The first-order valence-corrected chi connectivity index (χ1v) is 3.62. The molecule has 9 heteroatoms. The fourth-order valence-corrected chi connectivity index (χ4v) is 0.900. The van der Waals surface area contributed by atoms with E-state index in [1.54, 1.807) is 0 Å². The Balaban J connectivity index is 3.37. The van der Waals surface area contributed by atoms with Gasteiger partial charge in [0.15, 0.2) is 0 Å². The van der Waals surface area contributed by atoms with Gasteiger partial charge in [-0.15, -0.1) is 0 Å². The van der Waals surface area contributed by atoms with Gasteiger partial charge in [-0.3, -0.25) is 4.79 Å². The largest absolute Gasteiger partial charge is 0.511 e. The van der Waals surface area contributed by atoms with Crippen molar-refractivity contribution in [2.75, 3.05) is 0 Å². The first-order valence-electron chi connectivity index (χ1n) is 3.62. The van der Waals surface area contributed by atoms with Crippen molar-refractivity contribution in [2.24, 2.45) is 0 Å². The summed E-state index contributed by atoms with van der Waals surface area (Å²) in [4.78, 5) is 12.0. The molecule has 0 fully saturated rings. The smallest absolute Gasteiger partial charge is 0.445 e. The molecule has 0 atom stereocenters. The predicted molar refractivity (Wildman–Crippen MR) is 40.8 cm³/mol. The molecule has 0 aromatic carbocycles. The summed E-state index contributed by atoms with van der Waals surface area (Å²) in [6.45, 7) is -5.56. The molecule has 0 unspecified atom stereocenters. The first kappa shape index (κ1) is 11.7. The molecule has 0 amide bonds. The van der Waals surface area contributed by atoms with Crippen molar-refractivity contribution in [1.82, 2.24) is 4.98 Å². The van der Waals surface area contributed by atoms with E-state index >= 15 is 0 Å². The van der Waals surface area contributed by atoms with Crippen LogP contribution < -0.4 is 11.0 Å². The van der Waals surface area contributed by atoms with Crippen LogP contribution in [0, 0.1) is 0 Å². The van der Waals surface area contributed by atoms with E-state index in [1.807, 2.05) is 0 Å². The van der Waals surface area contributed by atoms with Gasteiger partial charge in [-0.1, -0.05) is 11.5 Å². The van der Waals surface area contributed by atoms with Crippen LogP contribution in [0.5, 0.6) is 0 Å². The summed E-state index contributed by atoms with van der Waals surface area (Å²) < 4.78 is 72.3. The van der Waals surface area contributed by atoms with E-state index < -0.39 is 29.7 Å². The number of nitrogens with one attached hydrogen (secondary N) is 1. The van der Waals surface area contributed by atoms with Crippen LogP contribution in [0.15, 0.2) is 17.1 Å². The third kappa shape index (κ3) is 2.54. The van der Waals surface area contributed by atoms with Crippen molar-refractivity contribution < 1.29 is 26.1 Å². The number of aromatic amines is 1. The highest BCUT2D eigenvalue weighted by atomic mass is 19.4. The summed E-state index contributed by atoms with van der Waals surface area (Å²) in [5.74, 6) is 0. The molecule has 1 rings (SSSR count). The van der Waals surface area contributed by atoms with Crippen LogP contribution >= 0.6 is 0 Å². The van der Waals surface area contributed by atoms with Crippen LogP contribution in [0.4, 0.5) is 26.1 Å². The van der Waals surface area contributed by atoms with Crippen molar-refractivity contribution in [3.8, 4) is 0 Å². The Bertz CT molecular complexity index is 419. The summed E-state index contributed by atoms with van der Waals surface area (Å²) in [7, 11) is 0. The molecule has 0 radical (unpaired) electrons. The Morgan fingerprint density at radius 1 is 1.20 bits per heavy atom. The average molecular weight is 230 g/mol. The molecule has 0 spiro atoms. The molecule has 1 aromatic rings. The zero-order chi connectivity index (χ0) is 11.9. The van der Waals surface area contributed by atoms with Crippen LogP contribution in [0.25, 0.3) is 0 Å². The molecular weight excluding hydrogens is 227 g/mol. The maximum Gasteiger partial charge on any atom is 0.511 e. The highest BCUT2D eigenvalue weighted by molar-refractivity contribution is 6.73. The van der Waals surface area contributed by atoms with Gasteiger partial charge in [0.25, 0.3) is 5.56 Å². The van der Waals surface area contributed by atoms with Gasteiger partial charge < -0.3 is 17.9 Å². The lowest BCUT2D eigenvalue weighted by Crippen LogP contribution is -2.38. The minimum absolute atomic E-state index is 0.196. The van der Waals surface area contributed by atoms with E-state index in [9.17, 15) is 30.9 Å². The summed E-state index contributed by atoms with van der Waals surface area (Å²) in [6, 6.07) is -0.196. The number of hydrogen-bond acceptors (Lipinski definition) is 1. The summed E-state index contributed by atoms with van der Waals surface area (Å²) in [5, 5.41) is 0. The number of pyridine rings is 1. The fourth-order valence-electron chi connectivity index (χ4n) is 0.900. The third-order valence-electron chi connectivity index (χ3n) is 1.61. The van der Waals surface area contributed by atoms with Crippen LogP contribution in [0.2, 0.25) is 0 Å². The number of halogens is 6. The molecule has 0 bridgehead atoms. The van der Waals surface area contributed by atoms with Gasteiger partial charge in [-0.2, -0.15) is 13.2 Å². The lowest BCUT2D eigenvalue weighted by atomic mass is 9.81. The van der Waals surface area contributed by atoms with Gasteiger partial charge in [0.1, 0.15) is 5.56 Å². The Kier molecular flexibility index (Phi) is 2.58. The minimum Gasteiger partial charge on any atom is -0.445 e. The van der Waals surface area contributed by atoms with Crippen molar-refractivity contribution >= 4 is 12.4 Å². The molecule has 0 saturated carbocycles. The Hall–Kier alpha value is -1.41. The monoisotopic (exact) mass is 230 g/mol. The molecule has 0 aliphatic rings. The standard InChI is InChI=1S/C6H3BF6NO/c8-6(9,10)4-1-3(7(11,12)13)2-14-5(4)15/h1-2H,(H,14,15)/q-1. The van der Waals surface area contributed by atoms with Crippen molar-refractivity contribution in [3.63, 3.8) is 0 Å². The lowest BCUT2D eigenvalue weighted by molar-refractivity contribution is -0.138. The fraction of sp³-hybridized carbons (Fsp3) is 0.167. The van der Waals surface area contributed by atoms with E-state index in [0.717, 1.165) is 0 Å². The van der Waals surface area contributed by atoms with E-state index in [2.05, 4.69) is 0 Å². The van der Waals surface area contributed by atoms with E-state index in [4.69, 9.17) is 0 Å². The van der Waals surface area contributed by atoms with Gasteiger partial charge in [-0.05, 0) is 6.20 Å². The number of alkyl halides is 3. The molecule has 84 valence electrons. The second-order valence-corrected chi connectivity index (χ2v) is 2.75. The Morgan fingerprint density at radius 3 is 2.13 bits per heavy atom. The molecule has 0 aliphatic heterocycles. The molecule has 1 heterocycles. The van der Waals surface area contributed by atoms with Gasteiger partial charge in [0.05, 0.1) is 0 Å². The second kappa shape index (κ2) is 3.32. The molecule has 0 aliphatic carbocycles. The lowest BCUT2D eigenvalue weighted by Gasteiger charge is -2.15. The summed E-state index contributed by atoms with van der Waals surface area (Å²) in [6.07, 6.45) is -4.87. The number of hydrogen-bond donors (Lipinski definition) is 1. The van der Waals surface area contributed by atoms with Crippen molar-refractivity contribution in [1.29, 1.82) is 0 Å². The molecule has 2 nitrogen and oxygen atoms in total. The maximum absolute atomic E-state index is 12.1. The predicted octanol–water partition coefficient (Wildman–Crippen LogP) is 1.45. The summed E-state index contributed by atoms with van der Waals surface area (Å²) in [5.41, 5.74) is -4.92. The molecule has 1 aromatic heterocycles. The molecule has 0 saturated heterocycles. The number of rotatable bonds is 1. The zero-order valence-electron chi connectivity index (χ0n) is 6.91. The highest BCUT2D eigenvalue weighted by Gasteiger charge is 2.36. The average Bonchev–Trinajstić information content (AvgIpc) is 2.00. The highest BCUT2D eigenvalue weighted by Crippen LogP contribution is 2.26. The molecule has 1 N–H and O–H groups in total. The normalized spacial score (nSPS) is 12.9. The molecular formula is C6H3BF6NO-. The second-order valence-electron chi connectivity index (χ2n) is 2.75. The molecule has 15 heavy (non-hydrogen) atoms. The van der Waals surface area contributed by atoms with E-state index in [-0.39, 0.29) is 12.3 Å². The van der Waals surface area contributed by atoms with Crippen LogP contribution in [0.3, 0.4) is 0 Å². The van der Waals surface area contributed by atoms with Crippen LogP contribution in [-0.4, -0.2) is 12.0 Å². The maximum atomic E-state index is 12.1. The van der Waals surface area contributed by atoms with Gasteiger partial charge in [0.2, 0.25) is 0 Å². The topological polar surface area (TPSA) is 32.9 Å². The van der Waals surface area contributed by atoms with Crippen molar-refractivity contribution in [2.45, 2.75) is 6.18 Å². The third-order valence-corrected chi connectivity index (χ3v) is 1.61. The minimum atomic E-state index is -5.56. The SMILES string of the molecule is O=c1[nH]cc([B-](F)(F)F)cc1C(F)(F)F. The summed E-state index contributed by atoms with van der Waals surface area (Å²) >= 11 is 0. The zero-order valence-corrected chi connectivity index (χ0v) is 6.91. The van der Waals surface area contributed by atoms with Gasteiger partial charge in [0, 0.05) is 0 Å².